The summed E-state index contributed by atoms with van der Waals surface area (Å²) in [5.74, 6) is 1.55. The lowest BCUT2D eigenvalue weighted by atomic mass is 9.90. The normalized spacial score (nSPS) is 15.9. The van der Waals surface area contributed by atoms with Crippen LogP contribution in [-0.4, -0.2) is 61.9 Å². The van der Waals surface area contributed by atoms with Crippen molar-refractivity contribution in [3.05, 3.63) is 59.2 Å². The Morgan fingerprint density at radius 3 is 2.31 bits per heavy atom. The Kier molecular flexibility index (Phi) is 9.92. The summed E-state index contributed by atoms with van der Waals surface area (Å²) in [5, 5.41) is 9.16. The van der Waals surface area contributed by atoms with Crippen LogP contribution < -0.4 is 4.74 Å². The summed E-state index contributed by atoms with van der Waals surface area (Å²) in [6.45, 7) is 11.8. The van der Waals surface area contributed by atoms with Crippen molar-refractivity contribution >= 4 is 11.8 Å². The van der Waals surface area contributed by atoms with Gasteiger partial charge in [-0.25, -0.2) is 0 Å². The molecule has 3 rings (SSSR count). The summed E-state index contributed by atoms with van der Waals surface area (Å²) in [5.41, 5.74) is 3.28. The fraction of sp³-hybridized carbons (Fsp3) is 0.519. The Morgan fingerprint density at radius 2 is 1.72 bits per heavy atom. The van der Waals surface area contributed by atoms with E-state index in [0.29, 0.717) is 5.92 Å². The zero-order chi connectivity index (χ0) is 22.8. The second-order valence-electron chi connectivity index (χ2n) is 8.64. The van der Waals surface area contributed by atoms with Crippen LogP contribution >= 0.6 is 11.8 Å². The number of aryl methyl sites for hydroxylation is 1. The molecule has 1 unspecified atom stereocenters. The Bertz CT molecular complexity index is 869. The van der Waals surface area contributed by atoms with Crippen LogP contribution in [0, 0.1) is 18.3 Å². The van der Waals surface area contributed by atoms with E-state index in [-0.39, 0.29) is 0 Å². The largest absolute Gasteiger partial charge is 0.492 e. The topological polar surface area (TPSA) is 39.5 Å². The van der Waals surface area contributed by atoms with Crippen molar-refractivity contribution in [3.8, 4) is 11.8 Å². The number of piperazine rings is 1. The molecule has 0 N–H and O–H groups in total. The van der Waals surface area contributed by atoms with E-state index in [9.17, 15) is 0 Å². The lowest BCUT2D eigenvalue weighted by Crippen LogP contribution is -2.47. The molecule has 2 aromatic rings. The molecule has 1 atom stereocenters. The van der Waals surface area contributed by atoms with Crippen LogP contribution in [0.25, 0.3) is 0 Å². The van der Waals surface area contributed by atoms with E-state index in [0.717, 1.165) is 62.6 Å². The Balaban J connectivity index is 1.33. The summed E-state index contributed by atoms with van der Waals surface area (Å²) in [6.07, 6.45) is 5.69. The maximum Gasteiger partial charge on any atom is 0.119 e. The van der Waals surface area contributed by atoms with Crippen LogP contribution in [-0.2, 0) is 0 Å². The van der Waals surface area contributed by atoms with E-state index < -0.39 is 0 Å². The molecule has 0 spiro atoms. The van der Waals surface area contributed by atoms with Crippen LogP contribution in [0.15, 0.2) is 47.4 Å². The Morgan fingerprint density at radius 1 is 1.03 bits per heavy atom. The fourth-order valence-electron chi connectivity index (χ4n) is 4.44. The molecular formula is C27H37N3OS. The van der Waals surface area contributed by atoms with Gasteiger partial charge in [-0.2, -0.15) is 5.26 Å². The van der Waals surface area contributed by atoms with E-state index in [1.807, 2.05) is 13.0 Å². The highest BCUT2D eigenvalue weighted by atomic mass is 32.2. The molecule has 0 aromatic heterocycles. The molecule has 5 heteroatoms. The number of nitriles is 1. The van der Waals surface area contributed by atoms with Gasteiger partial charge in [-0.1, -0.05) is 19.1 Å². The third kappa shape index (κ3) is 7.27. The third-order valence-corrected chi connectivity index (χ3v) is 7.31. The SMILES string of the molecule is CCC(CCCN1CCN(CCOc2ccc(SC)cc2)CC1)c1ccc(C#N)c(C)c1. The quantitative estimate of drug-likeness (QED) is 0.418. The van der Waals surface area contributed by atoms with Gasteiger partial charge in [0.25, 0.3) is 0 Å². The van der Waals surface area contributed by atoms with Crippen molar-refractivity contribution < 1.29 is 4.74 Å². The highest BCUT2D eigenvalue weighted by Gasteiger charge is 2.17. The summed E-state index contributed by atoms with van der Waals surface area (Å²) in [6, 6.07) is 17.0. The summed E-state index contributed by atoms with van der Waals surface area (Å²) in [4.78, 5) is 6.39. The summed E-state index contributed by atoms with van der Waals surface area (Å²) < 4.78 is 5.92. The number of thioether (sulfide) groups is 1. The van der Waals surface area contributed by atoms with Crippen molar-refractivity contribution in [2.24, 2.45) is 0 Å². The van der Waals surface area contributed by atoms with Gasteiger partial charge in [-0.05, 0) is 86.4 Å². The van der Waals surface area contributed by atoms with Crippen LogP contribution in [0.5, 0.6) is 5.75 Å². The van der Waals surface area contributed by atoms with Gasteiger partial charge in [0, 0.05) is 37.6 Å². The molecule has 0 radical (unpaired) electrons. The third-order valence-electron chi connectivity index (χ3n) is 6.56. The molecule has 1 aliphatic rings. The maximum absolute atomic E-state index is 9.16. The predicted molar refractivity (Wildman–Crippen MR) is 135 cm³/mol. The molecule has 0 aliphatic carbocycles. The highest BCUT2D eigenvalue weighted by Crippen LogP contribution is 2.27. The number of hydrogen-bond acceptors (Lipinski definition) is 5. The molecule has 1 saturated heterocycles. The molecule has 0 bridgehead atoms. The average Bonchev–Trinajstić information content (AvgIpc) is 2.83. The van der Waals surface area contributed by atoms with Crippen LogP contribution in [0.2, 0.25) is 0 Å². The second kappa shape index (κ2) is 12.9. The Hall–Kier alpha value is -2.00. The van der Waals surface area contributed by atoms with Crippen LogP contribution in [0.3, 0.4) is 0 Å². The first-order valence-corrected chi connectivity index (χ1v) is 13.1. The van der Waals surface area contributed by atoms with Crippen molar-refractivity contribution in [1.29, 1.82) is 5.26 Å². The van der Waals surface area contributed by atoms with Gasteiger partial charge in [-0.15, -0.1) is 11.8 Å². The molecule has 2 aromatic carbocycles. The van der Waals surface area contributed by atoms with Gasteiger partial charge in [-0.3, -0.25) is 4.90 Å². The fourth-order valence-corrected chi connectivity index (χ4v) is 4.84. The van der Waals surface area contributed by atoms with Crippen LogP contribution in [0.4, 0.5) is 0 Å². The first kappa shape index (κ1) is 24.6. The minimum absolute atomic E-state index is 0.588. The summed E-state index contributed by atoms with van der Waals surface area (Å²) in [7, 11) is 0. The van der Waals surface area contributed by atoms with E-state index in [2.05, 4.69) is 65.4 Å². The van der Waals surface area contributed by atoms with E-state index in [1.165, 1.54) is 29.8 Å². The summed E-state index contributed by atoms with van der Waals surface area (Å²) >= 11 is 1.75. The number of ether oxygens (including phenoxy) is 1. The number of hydrogen-bond donors (Lipinski definition) is 0. The van der Waals surface area contributed by atoms with Crippen LogP contribution in [0.1, 0.15) is 48.8 Å². The molecular weight excluding hydrogens is 414 g/mol. The predicted octanol–water partition coefficient (Wildman–Crippen LogP) is 5.56. The zero-order valence-electron chi connectivity index (χ0n) is 19.8. The zero-order valence-corrected chi connectivity index (χ0v) is 20.7. The molecule has 1 heterocycles. The molecule has 4 nitrogen and oxygen atoms in total. The molecule has 1 fully saturated rings. The van der Waals surface area contributed by atoms with Crippen molar-refractivity contribution in [2.75, 3.05) is 52.1 Å². The van der Waals surface area contributed by atoms with Gasteiger partial charge in [0.2, 0.25) is 0 Å². The van der Waals surface area contributed by atoms with Crippen molar-refractivity contribution in [2.45, 2.75) is 43.9 Å². The standard InChI is InChI=1S/C27H37N3OS/c1-4-23(24-7-8-25(21-28)22(2)20-24)6-5-13-29-14-16-30(17-15-29)18-19-31-26-9-11-27(32-3)12-10-26/h7-12,20,23H,4-6,13-19H2,1-3H3. The number of benzene rings is 2. The van der Waals surface area contributed by atoms with Gasteiger partial charge < -0.3 is 9.64 Å². The lowest BCUT2D eigenvalue weighted by molar-refractivity contribution is 0.115. The highest BCUT2D eigenvalue weighted by molar-refractivity contribution is 7.98. The molecule has 1 aliphatic heterocycles. The van der Waals surface area contributed by atoms with Crippen molar-refractivity contribution in [1.82, 2.24) is 9.80 Å². The lowest BCUT2D eigenvalue weighted by Gasteiger charge is -2.34. The minimum atomic E-state index is 0.588. The van der Waals surface area contributed by atoms with Gasteiger partial charge in [0.05, 0.1) is 11.6 Å². The monoisotopic (exact) mass is 451 g/mol. The molecule has 0 amide bonds. The Labute approximate surface area is 198 Å². The van der Waals surface area contributed by atoms with E-state index in [4.69, 9.17) is 10.00 Å². The minimum Gasteiger partial charge on any atom is -0.492 e. The smallest absolute Gasteiger partial charge is 0.119 e. The van der Waals surface area contributed by atoms with Crippen molar-refractivity contribution in [3.63, 3.8) is 0 Å². The maximum atomic E-state index is 9.16. The second-order valence-corrected chi connectivity index (χ2v) is 9.52. The average molecular weight is 452 g/mol. The van der Waals surface area contributed by atoms with E-state index >= 15 is 0 Å². The molecule has 0 saturated carbocycles. The number of nitrogens with zero attached hydrogens (tertiary/aromatic N) is 3. The number of rotatable bonds is 11. The first-order chi connectivity index (χ1) is 15.6. The van der Waals surface area contributed by atoms with E-state index in [1.54, 1.807) is 11.8 Å². The van der Waals surface area contributed by atoms with Gasteiger partial charge >= 0.3 is 0 Å². The molecule has 172 valence electrons. The van der Waals surface area contributed by atoms with Gasteiger partial charge in [0.15, 0.2) is 0 Å². The van der Waals surface area contributed by atoms with Gasteiger partial charge in [0.1, 0.15) is 12.4 Å². The first-order valence-electron chi connectivity index (χ1n) is 11.8. The molecule has 32 heavy (non-hydrogen) atoms.